The van der Waals surface area contributed by atoms with Gasteiger partial charge in [-0.05, 0) is 12.8 Å². The summed E-state index contributed by atoms with van der Waals surface area (Å²) in [5.41, 5.74) is 4.88. The second-order valence-corrected chi connectivity index (χ2v) is 4.64. The van der Waals surface area contributed by atoms with Gasteiger partial charge in [-0.1, -0.05) is 38.9 Å². The van der Waals surface area contributed by atoms with E-state index >= 15 is 0 Å². The predicted octanol–water partition coefficient (Wildman–Crippen LogP) is 1.15. The number of esters is 1. The monoisotopic (exact) mass is 274 g/mol. The van der Waals surface area contributed by atoms with Gasteiger partial charge in [0, 0.05) is 0 Å². The summed E-state index contributed by atoms with van der Waals surface area (Å²) in [6.45, 7) is 3.78. The number of rotatable bonds is 8. The minimum atomic E-state index is -0.854. The molecule has 104 valence electrons. The molecule has 0 radical (unpaired) electrons. The van der Waals surface area contributed by atoms with Gasteiger partial charge in [-0.25, -0.2) is 0 Å². The average molecular weight is 274 g/mol. The Hall–Kier alpha value is -1.17. The van der Waals surface area contributed by atoms with Gasteiger partial charge in [0.2, 0.25) is 5.91 Å². The van der Waals surface area contributed by atoms with Crippen LogP contribution in [-0.4, -0.2) is 30.5 Å². The van der Waals surface area contributed by atoms with Crippen molar-refractivity contribution in [2.24, 2.45) is 11.1 Å². The summed E-state index contributed by atoms with van der Waals surface area (Å²) in [7, 11) is 1.27. The first-order chi connectivity index (χ1) is 8.44. The Balaban J connectivity index is 4.87. The molecule has 5 nitrogen and oxygen atoms in total. The SMILES string of the molecule is CCCC(CCC)(C(=O)NCC(=O)OC)C(N)=S. The lowest BCUT2D eigenvalue weighted by Crippen LogP contribution is -2.50. The second-order valence-electron chi connectivity index (χ2n) is 4.21. The number of hydrogen-bond acceptors (Lipinski definition) is 4. The van der Waals surface area contributed by atoms with Gasteiger partial charge in [0.25, 0.3) is 0 Å². The van der Waals surface area contributed by atoms with Crippen LogP contribution in [0.1, 0.15) is 39.5 Å². The maximum atomic E-state index is 12.2. The van der Waals surface area contributed by atoms with Gasteiger partial charge < -0.3 is 15.8 Å². The first-order valence-electron chi connectivity index (χ1n) is 6.09. The number of thiocarbonyl (C=S) groups is 1. The van der Waals surface area contributed by atoms with Crippen LogP contribution in [-0.2, 0) is 14.3 Å². The lowest BCUT2D eigenvalue weighted by atomic mass is 9.78. The molecule has 18 heavy (non-hydrogen) atoms. The van der Waals surface area contributed by atoms with Crippen LogP contribution in [0.4, 0.5) is 0 Å². The molecule has 0 aromatic heterocycles. The standard InChI is InChI=1S/C12H22N2O3S/c1-4-6-12(7-5-2,10(13)18)11(16)14-8-9(15)17-3/h4-8H2,1-3H3,(H2,13,18)(H,14,16). The molecule has 3 N–H and O–H groups in total. The fourth-order valence-corrected chi connectivity index (χ4v) is 2.25. The van der Waals surface area contributed by atoms with Crippen molar-refractivity contribution in [3.63, 3.8) is 0 Å². The van der Waals surface area contributed by atoms with E-state index in [2.05, 4.69) is 10.1 Å². The number of hydrogen-bond donors (Lipinski definition) is 2. The molecule has 0 atom stereocenters. The number of carbonyl (C=O) groups is 2. The third-order valence-electron chi connectivity index (χ3n) is 2.88. The summed E-state index contributed by atoms with van der Waals surface area (Å²) in [5, 5.41) is 2.54. The van der Waals surface area contributed by atoms with Gasteiger partial charge >= 0.3 is 5.97 Å². The Bertz CT molecular complexity index is 312. The van der Waals surface area contributed by atoms with Crippen LogP contribution in [0.25, 0.3) is 0 Å². The zero-order chi connectivity index (χ0) is 14.2. The Kier molecular flexibility index (Phi) is 7.50. The van der Waals surface area contributed by atoms with Gasteiger partial charge in [0.05, 0.1) is 17.5 Å². The van der Waals surface area contributed by atoms with Crippen molar-refractivity contribution >= 4 is 29.1 Å². The zero-order valence-corrected chi connectivity index (χ0v) is 12.1. The molecule has 0 bridgehead atoms. The molecular weight excluding hydrogens is 252 g/mol. The maximum Gasteiger partial charge on any atom is 0.325 e. The number of ether oxygens (including phenoxy) is 1. The van der Waals surface area contributed by atoms with Gasteiger partial charge in [0.15, 0.2) is 0 Å². The van der Waals surface area contributed by atoms with Gasteiger partial charge in [0.1, 0.15) is 6.54 Å². The summed E-state index contributed by atoms with van der Waals surface area (Å²) in [6, 6.07) is 0. The molecule has 0 aliphatic carbocycles. The summed E-state index contributed by atoms with van der Waals surface area (Å²) < 4.78 is 4.48. The third-order valence-corrected chi connectivity index (χ3v) is 3.27. The first-order valence-corrected chi connectivity index (χ1v) is 6.50. The van der Waals surface area contributed by atoms with Gasteiger partial charge in [-0.15, -0.1) is 0 Å². The highest BCUT2D eigenvalue weighted by Gasteiger charge is 2.39. The van der Waals surface area contributed by atoms with E-state index in [1.807, 2.05) is 13.8 Å². The van der Waals surface area contributed by atoms with E-state index in [0.29, 0.717) is 12.8 Å². The molecule has 0 heterocycles. The highest BCUT2D eigenvalue weighted by Crippen LogP contribution is 2.30. The Morgan fingerprint density at radius 1 is 1.28 bits per heavy atom. The Labute approximate surface area is 113 Å². The third kappa shape index (κ3) is 4.25. The molecule has 6 heteroatoms. The molecule has 0 fully saturated rings. The van der Waals surface area contributed by atoms with Gasteiger partial charge in [-0.2, -0.15) is 0 Å². The number of nitrogens with one attached hydrogen (secondary N) is 1. The van der Waals surface area contributed by atoms with Crippen LogP contribution in [0.5, 0.6) is 0 Å². The lowest BCUT2D eigenvalue weighted by Gasteiger charge is -2.30. The number of nitrogens with two attached hydrogens (primary N) is 1. The first kappa shape index (κ1) is 16.8. The van der Waals surface area contributed by atoms with Crippen molar-refractivity contribution in [2.45, 2.75) is 39.5 Å². The number of amides is 1. The summed E-state index contributed by atoms with van der Waals surface area (Å²) in [4.78, 5) is 23.4. The Morgan fingerprint density at radius 3 is 2.11 bits per heavy atom. The molecule has 0 saturated heterocycles. The molecule has 0 spiro atoms. The highest BCUT2D eigenvalue weighted by atomic mass is 32.1. The minimum absolute atomic E-state index is 0.160. The van der Waals surface area contributed by atoms with E-state index in [4.69, 9.17) is 18.0 Å². The fourth-order valence-electron chi connectivity index (χ4n) is 1.96. The molecule has 0 rings (SSSR count). The van der Waals surface area contributed by atoms with Gasteiger partial charge in [-0.3, -0.25) is 9.59 Å². The fraction of sp³-hybridized carbons (Fsp3) is 0.750. The van der Waals surface area contributed by atoms with E-state index in [1.54, 1.807) is 0 Å². The second kappa shape index (κ2) is 8.02. The van der Waals surface area contributed by atoms with Crippen LogP contribution >= 0.6 is 12.2 Å². The minimum Gasteiger partial charge on any atom is -0.468 e. The van der Waals surface area contributed by atoms with Crippen molar-refractivity contribution in [3.8, 4) is 0 Å². The lowest BCUT2D eigenvalue weighted by molar-refractivity contribution is -0.142. The molecule has 0 aliphatic heterocycles. The normalized spacial score (nSPS) is 10.8. The van der Waals surface area contributed by atoms with Crippen molar-refractivity contribution in [1.29, 1.82) is 0 Å². The van der Waals surface area contributed by atoms with E-state index in [-0.39, 0.29) is 17.4 Å². The van der Waals surface area contributed by atoms with Crippen molar-refractivity contribution in [2.75, 3.05) is 13.7 Å². The smallest absolute Gasteiger partial charge is 0.325 e. The molecule has 1 amide bonds. The summed E-state index contributed by atoms with van der Waals surface area (Å²) >= 11 is 5.05. The van der Waals surface area contributed by atoms with E-state index < -0.39 is 11.4 Å². The van der Waals surface area contributed by atoms with Crippen LogP contribution in [0.3, 0.4) is 0 Å². The van der Waals surface area contributed by atoms with E-state index in [0.717, 1.165) is 12.8 Å². The highest BCUT2D eigenvalue weighted by molar-refractivity contribution is 7.80. The predicted molar refractivity (Wildman–Crippen MR) is 74.1 cm³/mol. The number of carbonyl (C=O) groups excluding carboxylic acids is 2. The molecule has 0 saturated carbocycles. The zero-order valence-electron chi connectivity index (χ0n) is 11.2. The summed E-state index contributed by atoms with van der Waals surface area (Å²) in [6.07, 6.45) is 2.76. The van der Waals surface area contributed by atoms with Crippen LogP contribution in [0.15, 0.2) is 0 Å². The van der Waals surface area contributed by atoms with Crippen molar-refractivity contribution in [1.82, 2.24) is 5.32 Å². The number of methoxy groups -OCH3 is 1. The summed E-state index contributed by atoms with van der Waals surface area (Å²) in [5.74, 6) is -0.780. The molecule has 0 aliphatic rings. The topological polar surface area (TPSA) is 81.4 Å². The van der Waals surface area contributed by atoms with Crippen LogP contribution in [0.2, 0.25) is 0 Å². The van der Waals surface area contributed by atoms with E-state index in [1.165, 1.54) is 7.11 Å². The molecule has 0 aromatic rings. The van der Waals surface area contributed by atoms with Crippen molar-refractivity contribution in [3.05, 3.63) is 0 Å². The molecule has 0 aromatic carbocycles. The largest absolute Gasteiger partial charge is 0.468 e. The molecule has 0 unspecified atom stereocenters. The van der Waals surface area contributed by atoms with Crippen LogP contribution < -0.4 is 11.1 Å². The van der Waals surface area contributed by atoms with Crippen LogP contribution in [0, 0.1) is 5.41 Å². The van der Waals surface area contributed by atoms with E-state index in [9.17, 15) is 9.59 Å². The quantitative estimate of drug-likeness (QED) is 0.512. The average Bonchev–Trinajstić information content (AvgIpc) is 2.34. The Morgan fingerprint density at radius 2 is 1.78 bits per heavy atom. The van der Waals surface area contributed by atoms with Crippen molar-refractivity contribution < 1.29 is 14.3 Å². The maximum absolute atomic E-state index is 12.2. The molecular formula is C12H22N2O3S.